The van der Waals surface area contributed by atoms with E-state index in [9.17, 15) is 9.59 Å². The van der Waals surface area contributed by atoms with Gasteiger partial charge in [-0.15, -0.1) is 0 Å². The van der Waals surface area contributed by atoms with Gasteiger partial charge in [0.15, 0.2) is 11.6 Å². The third-order valence-electron chi connectivity index (χ3n) is 9.32. The molecule has 3 aliphatic rings. The summed E-state index contributed by atoms with van der Waals surface area (Å²) in [7, 11) is 3.25. The first-order chi connectivity index (χ1) is 21.4. The van der Waals surface area contributed by atoms with Crippen molar-refractivity contribution in [2.75, 3.05) is 14.2 Å². The van der Waals surface area contributed by atoms with Crippen LogP contribution in [0.2, 0.25) is 0 Å². The number of hydrogen-bond acceptors (Lipinski definition) is 6. The van der Waals surface area contributed by atoms with Gasteiger partial charge in [-0.1, -0.05) is 76.9 Å². The lowest BCUT2D eigenvalue weighted by Crippen LogP contribution is -2.31. The first-order valence-corrected chi connectivity index (χ1v) is 16.7. The summed E-state index contributed by atoms with van der Waals surface area (Å²) in [5.41, 5.74) is 16.7. The van der Waals surface area contributed by atoms with Gasteiger partial charge < -0.3 is 26.8 Å². The molecule has 2 aromatic carbocycles. The third-order valence-corrected chi connectivity index (χ3v) is 9.32. The van der Waals surface area contributed by atoms with Gasteiger partial charge in [-0.3, -0.25) is 14.4 Å². The number of carboxylic acid groups (broad SMARTS) is 1. The molecule has 0 bridgehead atoms. The number of ether oxygens (including phenoxy) is 1. The predicted molar refractivity (Wildman–Crippen MR) is 197 cm³/mol. The van der Waals surface area contributed by atoms with Gasteiger partial charge in [0, 0.05) is 51.4 Å². The van der Waals surface area contributed by atoms with Crippen molar-refractivity contribution in [2.24, 2.45) is 34.1 Å². The molecule has 0 amide bonds. The van der Waals surface area contributed by atoms with E-state index in [1.807, 2.05) is 26.0 Å². The Kier molecular flexibility index (Phi) is 19.2. The van der Waals surface area contributed by atoms with E-state index in [4.69, 9.17) is 21.4 Å². The van der Waals surface area contributed by atoms with Crippen LogP contribution in [-0.2, 0) is 9.53 Å². The fraction of sp³-hybridized carbons (Fsp3) is 0.615. The van der Waals surface area contributed by atoms with Crippen LogP contribution in [0, 0.1) is 36.5 Å². The number of hydrogen-bond donors (Lipinski definition) is 3. The van der Waals surface area contributed by atoms with Gasteiger partial charge in [-0.2, -0.15) is 0 Å². The van der Waals surface area contributed by atoms with Crippen molar-refractivity contribution < 1.29 is 32.6 Å². The highest BCUT2D eigenvalue weighted by molar-refractivity contribution is 6.28. The minimum Gasteiger partial charge on any atom is -0.483 e. The number of methoxy groups -OCH3 is 1. The van der Waals surface area contributed by atoms with Crippen LogP contribution in [0.3, 0.4) is 0 Å². The molecule has 0 saturated heterocycles. The number of aryl methyl sites for hydroxylation is 2. The molecule has 270 valence electrons. The summed E-state index contributed by atoms with van der Waals surface area (Å²) < 4.78 is 4.25. The summed E-state index contributed by atoms with van der Waals surface area (Å²) in [6.45, 7) is 17.6. The van der Waals surface area contributed by atoms with Crippen LogP contribution in [0.1, 0.15) is 139 Å². The van der Waals surface area contributed by atoms with Crippen molar-refractivity contribution >= 4 is 18.0 Å². The fourth-order valence-corrected chi connectivity index (χ4v) is 6.35. The zero-order valence-electron chi connectivity index (χ0n) is 30.7. The molecule has 8 heteroatoms. The molecule has 0 heterocycles. The maximum Gasteiger partial charge on any atom is 0.290 e. The smallest absolute Gasteiger partial charge is 0.290 e. The first kappa shape index (κ1) is 44.1. The van der Waals surface area contributed by atoms with Crippen molar-refractivity contribution in [3.8, 4) is 0 Å². The number of rotatable bonds is 0. The van der Waals surface area contributed by atoms with Crippen LogP contribution in [-0.4, -0.2) is 54.9 Å². The summed E-state index contributed by atoms with van der Waals surface area (Å²) in [6.07, 6.45) is 10.3. The second kappa shape index (κ2) is 20.5. The molecule has 3 aliphatic carbocycles. The Morgan fingerprint density at radius 3 is 1.17 bits per heavy atom. The number of nitrogens with two attached hydrogens (primary N) is 2. The highest BCUT2D eigenvalue weighted by atomic mass is 16.4. The van der Waals surface area contributed by atoms with E-state index >= 15 is 0 Å². The number of benzene rings is 2. The van der Waals surface area contributed by atoms with Crippen molar-refractivity contribution in [3.05, 3.63) is 69.8 Å². The lowest BCUT2D eigenvalue weighted by atomic mass is 9.71. The molecule has 0 radical (unpaired) electrons. The number of fused-ring (bicyclic) bond motifs is 2. The molecule has 5 rings (SSSR count). The Hall–Kier alpha value is -2.91. The van der Waals surface area contributed by atoms with Crippen molar-refractivity contribution in [1.82, 2.24) is 0 Å². The van der Waals surface area contributed by atoms with Gasteiger partial charge in [0.25, 0.3) is 6.47 Å². The third kappa shape index (κ3) is 14.4. The van der Waals surface area contributed by atoms with Crippen LogP contribution >= 0.6 is 0 Å². The lowest BCUT2D eigenvalue weighted by Gasteiger charge is -2.35. The monoisotopic (exact) mass is 661 g/mol. The molecule has 2 aromatic rings. The Morgan fingerprint density at radius 2 is 0.915 bits per heavy atom. The van der Waals surface area contributed by atoms with E-state index < -0.39 is 0 Å². The van der Waals surface area contributed by atoms with Crippen molar-refractivity contribution in [3.63, 3.8) is 0 Å². The zero-order chi connectivity index (χ0) is 35.2. The highest BCUT2D eigenvalue weighted by Gasteiger charge is 2.30. The van der Waals surface area contributed by atoms with E-state index in [1.54, 1.807) is 38.5 Å². The molecule has 0 atom stereocenters. The maximum absolute atomic E-state index is 12.4. The summed E-state index contributed by atoms with van der Waals surface area (Å²) >= 11 is 0. The standard InChI is InChI=1S/C16H12O2.2C10H21N.C2H6O.CH2O2.H2O.2H2/c1-9-3-5-11-13(7-9)16(18)14-8-10(2)4-6-12(14)15(11)17;2*1-10(2,3)8-4-6-9(11)7-5-8;1-3-2;2-1-3;;;/h3-8H,1-2H3;2*8-9H,4-7,11H2,1-3H3;1-2H3;1H,(H,2,3);1H2;2*1H. The molecule has 8 nitrogen and oxygen atoms in total. The Morgan fingerprint density at radius 1 is 0.660 bits per heavy atom. The number of carbonyl (C=O) groups is 3. The van der Waals surface area contributed by atoms with E-state index in [1.165, 1.54) is 51.4 Å². The van der Waals surface area contributed by atoms with E-state index in [2.05, 4.69) is 46.3 Å². The normalized spacial score (nSPS) is 21.5. The van der Waals surface area contributed by atoms with Crippen LogP contribution < -0.4 is 11.5 Å². The SMILES string of the molecule is CC(C)(C)C1CCC(N)CC1.CC(C)(C)C1CCC(N)CC1.COC.Cc1ccc2c(c1)C(=O)c1cc(C)ccc1C2=O.O.O=CO.[HH].[HH]. The Labute approximate surface area is 287 Å². The molecule has 2 saturated carbocycles. The molecular weight excluding hydrogens is 592 g/mol. The summed E-state index contributed by atoms with van der Waals surface area (Å²) in [5.74, 6) is 1.70. The number of ketones is 2. The highest BCUT2D eigenvalue weighted by Crippen LogP contribution is 2.38. The minimum atomic E-state index is -0.250. The molecule has 2 fully saturated rings. The van der Waals surface area contributed by atoms with Gasteiger partial charge in [-0.05, 0) is 100 Å². The Balaban J connectivity index is -0.000000603. The van der Waals surface area contributed by atoms with E-state index in [0.717, 1.165) is 23.0 Å². The van der Waals surface area contributed by atoms with Crippen LogP contribution in [0.5, 0.6) is 0 Å². The quantitative estimate of drug-likeness (QED) is 0.207. The lowest BCUT2D eigenvalue weighted by molar-refractivity contribution is -0.122. The average molecular weight is 661 g/mol. The minimum absolute atomic E-state index is 0. The predicted octanol–water partition coefficient (Wildman–Crippen LogP) is 7.81. The Bertz CT molecular complexity index is 1170. The molecule has 0 unspecified atom stereocenters. The molecule has 47 heavy (non-hydrogen) atoms. The van der Waals surface area contributed by atoms with Crippen LogP contribution in [0.4, 0.5) is 0 Å². The van der Waals surface area contributed by atoms with Crippen molar-refractivity contribution in [2.45, 2.75) is 119 Å². The average Bonchev–Trinajstić information content (AvgIpc) is 2.97. The van der Waals surface area contributed by atoms with Crippen LogP contribution in [0.15, 0.2) is 36.4 Å². The van der Waals surface area contributed by atoms with Crippen LogP contribution in [0.25, 0.3) is 0 Å². The number of carbonyl (C=O) groups excluding carboxylic acids is 2. The molecule has 0 spiro atoms. The van der Waals surface area contributed by atoms with E-state index in [-0.39, 0.29) is 26.4 Å². The molecular formula is C39H68N2O6. The second-order valence-electron chi connectivity index (χ2n) is 15.2. The van der Waals surface area contributed by atoms with E-state index in [0.29, 0.717) is 45.2 Å². The van der Waals surface area contributed by atoms with Crippen molar-refractivity contribution in [1.29, 1.82) is 0 Å². The molecule has 0 aromatic heterocycles. The summed E-state index contributed by atoms with van der Waals surface area (Å²) in [6, 6.07) is 11.8. The van der Waals surface area contributed by atoms with Gasteiger partial charge >= 0.3 is 0 Å². The fourth-order valence-electron chi connectivity index (χ4n) is 6.35. The van der Waals surface area contributed by atoms with Gasteiger partial charge in [0.2, 0.25) is 0 Å². The largest absolute Gasteiger partial charge is 0.483 e. The first-order valence-electron chi connectivity index (χ1n) is 16.7. The topological polar surface area (TPSA) is 164 Å². The van der Waals surface area contributed by atoms with Gasteiger partial charge in [0.05, 0.1) is 0 Å². The summed E-state index contributed by atoms with van der Waals surface area (Å²) in [4.78, 5) is 33.1. The summed E-state index contributed by atoms with van der Waals surface area (Å²) in [5, 5.41) is 6.89. The molecule has 0 aliphatic heterocycles. The molecule has 7 N–H and O–H groups in total. The van der Waals surface area contributed by atoms with Gasteiger partial charge in [-0.25, -0.2) is 0 Å². The maximum atomic E-state index is 12.4. The zero-order valence-corrected chi connectivity index (χ0v) is 30.7. The second-order valence-corrected chi connectivity index (χ2v) is 15.2. The van der Waals surface area contributed by atoms with Gasteiger partial charge in [0.1, 0.15) is 0 Å².